The highest BCUT2D eigenvalue weighted by Crippen LogP contribution is 2.39. The minimum atomic E-state index is -0.265. The fourth-order valence-corrected chi connectivity index (χ4v) is 4.18. The van der Waals surface area contributed by atoms with Crippen LogP contribution in [-0.4, -0.2) is 39.8 Å². The summed E-state index contributed by atoms with van der Waals surface area (Å²) in [5.41, 5.74) is 2.37. The Morgan fingerprint density at radius 2 is 1.97 bits per heavy atom. The quantitative estimate of drug-likeness (QED) is 0.471. The number of rotatable bonds is 7. The third kappa shape index (κ3) is 3.88. The molecule has 1 aromatic carbocycles. The van der Waals surface area contributed by atoms with Crippen molar-refractivity contribution in [3.63, 3.8) is 0 Å². The van der Waals surface area contributed by atoms with Crippen LogP contribution in [0.2, 0.25) is 0 Å². The zero-order chi connectivity index (χ0) is 20.2. The van der Waals surface area contributed by atoms with Crippen molar-refractivity contribution in [2.75, 3.05) is 20.3 Å². The Kier molecular flexibility index (Phi) is 5.87. The molecule has 0 amide bonds. The van der Waals surface area contributed by atoms with Crippen LogP contribution in [0.3, 0.4) is 0 Å². The Morgan fingerprint density at radius 1 is 1.14 bits per heavy atom. The van der Waals surface area contributed by atoms with Crippen molar-refractivity contribution in [3.05, 3.63) is 84.2 Å². The number of nitrogens with one attached hydrogen (secondary N) is 1. The van der Waals surface area contributed by atoms with Crippen LogP contribution < -0.4 is 5.32 Å². The number of hydrogen-bond acceptors (Lipinski definition) is 3. The van der Waals surface area contributed by atoms with Gasteiger partial charge in [-0.05, 0) is 55.0 Å². The fraction of sp³-hybridized carbons (Fsp3) is 0.273. The van der Waals surface area contributed by atoms with Crippen LogP contribution >= 0.6 is 12.2 Å². The van der Waals surface area contributed by atoms with E-state index >= 15 is 0 Å². The molecule has 2 aromatic heterocycles. The Balaban J connectivity index is 1.77. The van der Waals surface area contributed by atoms with Gasteiger partial charge in [0.15, 0.2) is 5.11 Å². The van der Waals surface area contributed by atoms with E-state index in [2.05, 4.69) is 15.2 Å². The predicted molar refractivity (Wildman–Crippen MR) is 114 cm³/mol. The van der Waals surface area contributed by atoms with Gasteiger partial charge in [-0.25, -0.2) is 4.39 Å². The lowest BCUT2D eigenvalue weighted by atomic mass is 10.0. The lowest BCUT2D eigenvalue weighted by Gasteiger charge is -2.29. The number of nitrogens with zero attached hydrogens (tertiary/aromatic N) is 3. The molecule has 150 valence electrons. The van der Waals surface area contributed by atoms with Gasteiger partial charge in [0.1, 0.15) is 5.82 Å². The molecule has 0 spiro atoms. The largest absolute Gasteiger partial charge is 0.385 e. The second-order valence-corrected chi connectivity index (χ2v) is 7.31. The number of aromatic nitrogens is 2. The highest BCUT2D eigenvalue weighted by Gasteiger charge is 2.41. The zero-order valence-corrected chi connectivity index (χ0v) is 17.0. The van der Waals surface area contributed by atoms with E-state index < -0.39 is 0 Å². The van der Waals surface area contributed by atoms with E-state index in [0.29, 0.717) is 17.4 Å². The average Bonchev–Trinajstić information content (AvgIpc) is 3.34. The molecule has 4 rings (SSSR count). The molecule has 1 saturated heterocycles. The lowest BCUT2D eigenvalue weighted by Crippen LogP contribution is -2.32. The molecule has 0 bridgehead atoms. The summed E-state index contributed by atoms with van der Waals surface area (Å²) in [5.74, 6) is -0.265. The topological polar surface area (TPSA) is 42.3 Å². The molecule has 2 atom stereocenters. The highest BCUT2D eigenvalue weighted by molar-refractivity contribution is 7.80. The Bertz CT molecular complexity index is 978. The van der Waals surface area contributed by atoms with Gasteiger partial charge >= 0.3 is 0 Å². The standard InChI is InChI=1S/C22H23FN4OS/c1-28-15-7-14-27-21(20(25-22(27)29)17-9-4-5-12-24-17)19-11-6-13-26(19)18-10-3-2-8-16(18)23/h2-6,8-13,20-21H,7,14-15H2,1H3,(H,25,29). The van der Waals surface area contributed by atoms with Gasteiger partial charge in [-0.2, -0.15) is 0 Å². The van der Waals surface area contributed by atoms with Crippen LogP contribution in [0.15, 0.2) is 67.0 Å². The summed E-state index contributed by atoms with van der Waals surface area (Å²) in [7, 11) is 1.69. The van der Waals surface area contributed by atoms with Crippen LogP contribution in [-0.2, 0) is 4.74 Å². The summed E-state index contributed by atoms with van der Waals surface area (Å²) >= 11 is 5.67. The van der Waals surface area contributed by atoms with E-state index in [1.54, 1.807) is 25.4 Å². The minimum absolute atomic E-state index is 0.121. The van der Waals surface area contributed by atoms with Gasteiger partial charge < -0.3 is 19.5 Å². The molecule has 1 N–H and O–H groups in total. The summed E-state index contributed by atoms with van der Waals surface area (Å²) in [6.45, 7) is 1.38. The maximum Gasteiger partial charge on any atom is 0.170 e. The van der Waals surface area contributed by atoms with E-state index in [9.17, 15) is 4.39 Å². The van der Waals surface area contributed by atoms with E-state index in [0.717, 1.165) is 24.4 Å². The van der Waals surface area contributed by atoms with Crippen LogP contribution in [0.5, 0.6) is 0 Å². The average molecular weight is 411 g/mol. The van der Waals surface area contributed by atoms with Crippen molar-refractivity contribution >= 4 is 17.3 Å². The van der Waals surface area contributed by atoms with Gasteiger partial charge in [0.2, 0.25) is 0 Å². The summed E-state index contributed by atoms with van der Waals surface area (Å²) in [4.78, 5) is 6.70. The van der Waals surface area contributed by atoms with Crippen LogP contribution in [0.1, 0.15) is 29.9 Å². The molecule has 0 saturated carbocycles. The third-order valence-corrected chi connectivity index (χ3v) is 5.49. The van der Waals surface area contributed by atoms with E-state index in [1.807, 2.05) is 47.2 Å². The van der Waals surface area contributed by atoms with Crippen LogP contribution in [0.25, 0.3) is 5.69 Å². The monoisotopic (exact) mass is 410 g/mol. The molecular formula is C22H23FN4OS. The third-order valence-electron chi connectivity index (χ3n) is 5.14. The number of pyridine rings is 1. The first-order valence-corrected chi connectivity index (χ1v) is 10.0. The normalized spacial score (nSPS) is 18.8. The number of benzene rings is 1. The fourth-order valence-electron chi connectivity index (χ4n) is 3.85. The molecule has 7 heteroatoms. The Labute approximate surface area is 175 Å². The molecule has 1 fully saturated rings. The molecule has 0 radical (unpaired) electrons. The molecule has 1 aliphatic rings. The molecule has 3 aromatic rings. The summed E-state index contributed by atoms with van der Waals surface area (Å²) < 4.78 is 21.7. The second-order valence-electron chi connectivity index (χ2n) is 6.92. The van der Waals surface area contributed by atoms with Crippen LogP contribution in [0, 0.1) is 5.82 Å². The van der Waals surface area contributed by atoms with Gasteiger partial charge in [-0.15, -0.1) is 0 Å². The number of ether oxygens (including phenoxy) is 1. The Morgan fingerprint density at radius 3 is 2.72 bits per heavy atom. The van der Waals surface area contributed by atoms with Gasteiger partial charge in [0, 0.05) is 38.3 Å². The molecule has 29 heavy (non-hydrogen) atoms. The number of hydrogen-bond donors (Lipinski definition) is 1. The van der Waals surface area contributed by atoms with Gasteiger partial charge in [-0.1, -0.05) is 18.2 Å². The second kappa shape index (κ2) is 8.71. The SMILES string of the molecule is COCCCN1C(=S)NC(c2ccccn2)C1c1cccn1-c1ccccc1F. The van der Waals surface area contributed by atoms with E-state index in [-0.39, 0.29) is 17.9 Å². The van der Waals surface area contributed by atoms with Crippen molar-refractivity contribution in [1.29, 1.82) is 0 Å². The first kappa shape index (κ1) is 19.5. The first-order valence-electron chi connectivity index (χ1n) is 9.60. The zero-order valence-electron chi connectivity index (χ0n) is 16.2. The number of para-hydroxylation sites is 1. The van der Waals surface area contributed by atoms with Gasteiger partial charge in [0.25, 0.3) is 0 Å². The molecular weight excluding hydrogens is 387 g/mol. The molecule has 2 unspecified atom stereocenters. The van der Waals surface area contributed by atoms with Crippen molar-refractivity contribution in [2.24, 2.45) is 0 Å². The molecule has 1 aliphatic heterocycles. The van der Waals surface area contributed by atoms with Crippen molar-refractivity contribution in [2.45, 2.75) is 18.5 Å². The predicted octanol–water partition coefficient (Wildman–Crippen LogP) is 4.02. The highest BCUT2D eigenvalue weighted by atomic mass is 32.1. The summed E-state index contributed by atoms with van der Waals surface area (Å²) in [5, 5.41) is 4.10. The molecule has 3 heterocycles. The number of halogens is 1. The number of thiocarbonyl (C=S) groups is 1. The van der Waals surface area contributed by atoms with Crippen molar-refractivity contribution < 1.29 is 9.13 Å². The lowest BCUT2D eigenvalue weighted by molar-refractivity contribution is 0.180. The van der Waals surface area contributed by atoms with E-state index in [4.69, 9.17) is 17.0 Å². The maximum atomic E-state index is 14.6. The maximum absolute atomic E-state index is 14.6. The van der Waals surface area contributed by atoms with E-state index in [1.165, 1.54) is 6.07 Å². The van der Waals surface area contributed by atoms with Crippen molar-refractivity contribution in [3.8, 4) is 5.69 Å². The Hall–Kier alpha value is -2.77. The van der Waals surface area contributed by atoms with Gasteiger partial charge in [-0.3, -0.25) is 4.98 Å². The first-order chi connectivity index (χ1) is 14.2. The molecule has 5 nitrogen and oxygen atoms in total. The molecule has 0 aliphatic carbocycles. The summed E-state index contributed by atoms with van der Waals surface area (Å²) in [6.07, 6.45) is 4.50. The smallest absolute Gasteiger partial charge is 0.170 e. The van der Waals surface area contributed by atoms with Crippen LogP contribution in [0.4, 0.5) is 4.39 Å². The van der Waals surface area contributed by atoms with Gasteiger partial charge in [0.05, 0.1) is 23.5 Å². The number of methoxy groups -OCH3 is 1. The van der Waals surface area contributed by atoms with Crippen molar-refractivity contribution in [1.82, 2.24) is 19.8 Å². The minimum Gasteiger partial charge on any atom is -0.385 e. The summed E-state index contributed by atoms with van der Waals surface area (Å²) in [6, 6.07) is 16.3.